The smallest absolute Gasteiger partial charge is 0.0121 e. The molecule has 2 aliphatic rings. The Balaban J connectivity index is 2.09. The first-order valence-electron chi connectivity index (χ1n) is 4.83. The van der Waals surface area contributed by atoms with Crippen LogP contribution < -0.4 is 5.73 Å². The molecule has 68 valence electrons. The second-order valence-corrected chi connectivity index (χ2v) is 3.65. The summed E-state index contributed by atoms with van der Waals surface area (Å²) >= 11 is 0. The quantitative estimate of drug-likeness (QED) is 0.648. The van der Waals surface area contributed by atoms with Crippen molar-refractivity contribution in [2.45, 2.75) is 12.8 Å². The summed E-state index contributed by atoms with van der Waals surface area (Å²) in [5.41, 5.74) is 7.00. The van der Waals surface area contributed by atoms with E-state index in [0.29, 0.717) is 11.8 Å². The monoisotopic (exact) mass is 173 g/mol. The zero-order valence-corrected chi connectivity index (χ0v) is 7.69. The van der Waals surface area contributed by atoms with Crippen LogP contribution in [0.1, 0.15) is 12.8 Å². The largest absolute Gasteiger partial charge is 0.402 e. The summed E-state index contributed by atoms with van der Waals surface area (Å²) in [7, 11) is 0. The normalized spacial score (nSPS) is 31.8. The van der Waals surface area contributed by atoms with Crippen molar-refractivity contribution in [2.75, 3.05) is 0 Å². The van der Waals surface area contributed by atoms with Crippen molar-refractivity contribution in [3.05, 3.63) is 48.2 Å². The van der Waals surface area contributed by atoms with Gasteiger partial charge in [0.05, 0.1) is 0 Å². The van der Waals surface area contributed by atoms with Gasteiger partial charge in [-0.1, -0.05) is 36.5 Å². The van der Waals surface area contributed by atoms with E-state index in [9.17, 15) is 0 Å². The van der Waals surface area contributed by atoms with Crippen molar-refractivity contribution in [3.63, 3.8) is 0 Å². The van der Waals surface area contributed by atoms with Crippen molar-refractivity contribution in [3.8, 4) is 0 Å². The van der Waals surface area contributed by atoms with E-state index in [0.717, 1.165) is 18.5 Å². The van der Waals surface area contributed by atoms with Crippen LogP contribution in [0.25, 0.3) is 0 Å². The van der Waals surface area contributed by atoms with E-state index in [2.05, 4.69) is 30.4 Å². The van der Waals surface area contributed by atoms with Crippen LogP contribution in [-0.2, 0) is 0 Å². The number of hydrogen-bond acceptors (Lipinski definition) is 1. The molecule has 2 aliphatic carbocycles. The molecule has 0 fully saturated rings. The van der Waals surface area contributed by atoms with Gasteiger partial charge in [-0.15, -0.1) is 0 Å². The Labute approximate surface area is 79.3 Å². The fraction of sp³-hybridized carbons (Fsp3) is 0.333. The minimum atomic E-state index is 0.520. The summed E-state index contributed by atoms with van der Waals surface area (Å²) in [5, 5.41) is 0. The summed E-state index contributed by atoms with van der Waals surface area (Å²) in [4.78, 5) is 0. The van der Waals surface area contributed by atoms with E-state index >= 15 is 0 Å². The van der Waals surface area contributed by atoms with Crippen molar-refractivity contribution < 1.29 is 0 Å². The summed E-state index contributed by atoms with van der Waals surface area (Å²) in [5.74, 6) is 1.12. The maximum Gasteiger partial charge on any atom is 0.0121 e. The van der Waals surface area contributed by atoms with Gasteiger partial charge >= 0.3 is 0 Å². The zero-order valence-electron chi connectivity index (χ0n) is 7.69. The molecule has 13 heavy (non-hydrogen) atoms. The topological polar surface area (TPSA) is 26.0 Å². The average molecular weight is 173 g/mol. The summed E-state index contributed by atoms with van der Waals surface area (Å²) < 4.78 is 0. The molecule has 0 amide bonds. The van der Waals surface area contributed by atoms with Crippen LogP contribution in [0.4, 0.5) is 0 Å². The van der Waals surface area contributed by atoms with Gasteiger partial charge in [0.25, 0.3) is 0 Å². The molecule has 0 aromatic heterocycles. The van der Waals surface area contributed by atoms with Crippen LogP contribution in [0.3, 0.4) is 0 Å². The highest BCUT2D eigenvalue weighted by atomic mass is 14.6. The molecule has 1 nitrogen and oxygen atoms in total. The van der Waals surface area contributed by atoms with E-state index in [4.69, 9.17) is 5.73 Å². The van der Waals surface area contributed by atoms with Gasteiger partial charge in [0.1, 0.15) is 0 Å². The second kappa shape index (κ2) is 3.65. The van der Waals surface area contributed by atoms with Crippen LogP contribution in [-0.4, -0.2) is 0 Å². The maximum absolute atomic E-state index is 5.96. The standard InChI is InChI=1S/C12H15N/c13-12-9-5-4-8-11(12)10-6-2-1-3-7-10/h1-6,9-11H,7-8,13H2. The molecule has 1 heteroatoms. The molecule has 0 heterocycles. The van der Waals surface area contributed by atoms with Gasteiger partial charge in [0.2, 0.25) is 0 Å². The fourth-order valence-corrected chi connectivity index (χ4v) is 1.98. The summed E-state index contributed by atoms with van der Waals surface area (Å²) in [6.45, 7) is 0. The Morgan fingerprint density at radius 3 is 2.62 bits per heavy atom. The lowest BCUT2D eigenvalue weighted by Crippen LogP contribution is -2.21. The molecule has 0 saturated carbocycles. The Morgan fingerprint density at radius 1 is 1.08 bits per heavy atom. The molecule has 0 spiro atoms. The first-order chi connectivity index (χ1) is 6.38. The highest BCUT2D eigenvalue weighted by Crippen LogP contribution is 2.30. The molecule has 2 atom stereocenters. The van der Waals surface area contributed by atoms with E-state index < -0.39 is 0 Å². The zero-order chi connectivity index (χ0) is 9.10. The van der Waals surface area contributed by atoms with Gasteiger partial charge in [0.15, 0.2) is 0 Å². The van der Waals surface area contributed by atoms with Crippen molar-refractivity contribution in [2.24, 2.45) is 17.6 Å². The molecule has 2 N–H and O–H groups in total. The molecule has 0 aromatic carbocycles. The molecule has 2 unspecified atom stereocenters. The minimum absolute atomic E-state index is 0.520. The van der Waals surface area contributed by atoms with Gasteiger partial charge < -0.3 is 5.73 Å². The van der Waals surface area contributed by atoms with E-state index in [1.807, 2.05) is 12.2 Å². The van der Waals surface area contributed by atoms with Crippen molar-refractivity contribution in [1.29, 1.82) is 0 Å². The second-order valence-electron chi connectivity index (χ2n) is 3.65. The Kier molecular flexibility index (Phi) is 2.35. The molecular formula is C12H15N. The van der Waals surface area contributed by atoms with Gasteiger partial charge in [-0.05, 0) is 24.8 Å². The number of nitrogens with two attached hydrogens (primary N) is 1. The third-order valence-electron chi connectivity index (χ3n) is 2.77. The molecule has 0 saturated heterocycles. The molecule has 0 aliphatic heterocycles. The molecule has 2 rings (SSSR count). The van der Waals surface area contributed by atoms with Crippen LogP contribution in [0.15, 0.2) is 48.2 Å². The van der Waals surface area contributed by atoms with Crippen LogP contribution in [0.5, 0.6) is 0 Å². The predicted octanol–water partition coefficient (Wildman–Crippen LogP) is 2.54. The third kappa shape index (κ3) is 1.74. The van der Waals surface area contributed by atoms with E-state index in [-0.39, 0.29) is 0 Å². The summed E-state index contributed by atoms with van der Waals surface area (Å²) in [6.07, 6.45) is 17.2. The fourth-order valence-electron chi connectivity index (χ4n) is 1.98. The SMILES string of the molecule is NC1=CC=CCC1C1C=CC=CC1. The highest BCUT2D eigenvalue weighted by Gasteiger charge is 2.21. The third-order valence-corrected chi connectivity index (χ3v) is 2.77. The number of hydrogen-bond donors (Lipinski definition) is 1. The lowest BCUT2D eigenvalue weighted by Gasteiger charge is -2.26. The first-order valence-corrected chi connectivity index (χ1v) is 4.83. The Hall–Kier alpha value is -1.24. The Bertz CT molecular complexity index is 294. The number of allylic oxidation sites excluding steroid dienone is 8. The lowest BCUT2D eigenvalue weighted by atomic mass is 9.81. The first kappa shape index (κ1) is 8.36. The van der Waals surface area contributed by atoms with Gasteiger partial charge in [-0.2, -0.15) is 0 Å². The predicted molar refractivity (Wildman–Crippen MR) is 55.9 cm³/mol. The van der Waals surface area contributed by atoms with Crippen LogP contribution in [0, 0.1) is 11.8 Å². The molecular weight excluding hydrogens is 158 g/mol. The molecule has 0 bridgehead atoms. The van der Waals surface area contributed by atoms with Crippen molar-refractivity contribution in [1.82, 2.24) is 0 Å². The molecule has 0 radical (unpaired) electrons. The number of rotatable bonds is 1. The van der Waals surface area contributed by atoms with E-state index in [1.165, 1.54) is 0 Å². The Morgan fingerprint density at radius 2 is 1.92 bits per heavy atom. The van der Waals surface area contributed by atoms with Gasteiger partial charge in [-0.3, -0.25) is 0 Å². The van der Waals surface area contributed by atoms with E-state index in [1.54, 1.807) is 0 Å². The minimum Gasteiger partial charge on any atom is -0.402 e. The molecule has 0 aromatic rings. The maximum atomic E-state index is 5.96. The lowest BCUT2D eigenvalue weighted by molar-refractivity contribution is 0.450. The van der Waals surface area contributed by atoms with Crippen LogP contribution >= 0.6 is 0 Å². The van der Waals surface area contributed by atoms with Crippen LogP contribution in [0.2, 0.25) is 0 Å². The summed E-state index contributed by atoms with van der Waals surface area (Å²) in [6, 6.07) is 0. The average Bonchev–Trinajstić information content (AvgIpc) is 2.20. The highest BCUT2D eigenvalue weighted by molar-refractivity contribution is 5.23. The van der Waals surface area contributed by atoms with Gasteiger partial charge in [0, 0.05) is 11.6 Å². The van der Waals surface area contributed by atoms with Gasteiger partial charge in [-0.25, -0.2) is 0 Å². The van der Waals surface area contributed by atoms with Crippen molar-refractivity contribution >= 4 is 0 Å².